The fourth-order valence-electron chi connectivity index (χ4n) is 2.84. The van der Waals surface area contributed by atoms with Crippen molar-refractivity contribution in [3.63, 3.8) is 0 Å². The quantitative estimate of drug-likeness (QED) is 0.231. The topological polar surface area (TPSA) is 102 Å². The number of non-ortho nitro benzene ring substituents is 1. The minimum atomic E-state index is -0.454. The smallest absolute Gasteiger partial charge is 0.329 e. The molecule has 0 atom stereocenters. The first-order valence-corrected chi connectivity index (χ1v) is 10.6. The molecule has 1 N–H and O–H groups in total. The molecule has 0 unspecified atom stereocenters. The average molecular weight is 539 g/mol. The van der Waals surface area contributed by atoms with Gasteiger partial charge in [-0.3, -0.25) is 19.8 Å². The molecule has 0 radical (unpaired) electrons. The molecule has 0 bridgehead atoms. The maximum atomic E-state index is 12.4. The molecule has 1 heterocycles. The van der Waals surface area contributed by atoms with E-state index in [-0.39, 0.29) is 23.9 Å². The molecule has 1 aliphatic heterocycles. The Balaban J connectivity index is 1.75. The van der Waals surface area contributed by atoms with E-state index >= 15 is 0 Å². The van der Waals surface area contributed by atoms with Gasteiger partial charge in [-0.1, -0.05) is 6.92 Å². The number of urea groups is 1. The lowest BCUT2D eigenvalue weighted by molar-refractivity contribution is -0.384. The summed E-state index contributed by atoms with van der Waals surface area (Å²) in [6.07, 6.45) is 2.29. The zero-order chi connectivity index (χ0) is 21.8. The Kier molecular flexibility index (Phi) is 6.88. The molecule has 156 valence electrons. The minimum Gasteiger partial charge on any atom is -0.487 e. The summed E-state index contributed by atoms with van der Waals surface area (Å²) in [5.41, 5.74) is 1.70. The largest absolute Gasteiger partial charge is 0.487 e. The van der Waals surface area contributed by atoms with Gasteiger partial charge < -0.3 is 10.1 Å². The fourth-order valence-corrected chi connectivity index (χ4v) is 4.29. The maximum absolute atomic E-state index is 12.4. The summed E-state index contributed by atoms with van der Waals surface area (Å²) in [4.78, 5) is 35.7. The molecular formula is C20H17Br2N3O5. The molecule has 1 aliphatic rings. The average Bonchev–Trinajstić information content (AvgIpc) is 2.95. The zero-order valence-electron chi connectivity index (χ0n) is 15.9. The van der Waals surface area contributed by atoms with E-state index in [2.05, 4.69) is 37.2 Å². The molecule has 1 saturated heterocycles. The van der Waals surface area contributed by atoms with Crippen molar-refractivity contribution in [2.75, 3.05) is 6.54 Å². The van der Waals surface area contributed by atoms with E-state index in [9.17, 15) is 19.7 Å². The van der Waals surface area contributed by atoms with Crippen LogP contribution in [0.3, 0.4) is 0 Å². The third kappa shape index (κ3) is 4.88. The zero-order valence-corrected chi connectivity index (χ0v) is 19.0. The summed E-state index contributed by atoms with van der Waals surface area (Å²) in [7, 11) is 0. The number of hydrogen-bond acceptors (Lipinski definition) is 5. The second-order valence-corrected chi connectivity index (χ2v) is 8.18. The standard InChI is InChI=1S/C20H17Br2N3O5/c1-2-7-24-19(26)17(23-20(24)27)10-13-8-15(21)18(16(22)9-13)30-11-12-3-5-14(6-4-12)25(28)29/h3-6,8-10H,2,7,11H2,1H3,(H,23,27)/b17-10+. The van der Waals surface area contributed by atoms with Gasteiger partial charge >= 0.3 is 6.03 Å². The van der Waals surface area contributed by atoms with Crippen molar-refractivity contribution in [2.45, 2.75) is 20.0 Å². The number of ether oxygens (including phenoxy) is 1. The number of nitro benzene ring substituents is 1. The van der Waals surface area contributed by atoms with Gasteiger partial charge in [0.25, 0.3) is 11.6 Å². The molecule has 0 aromatic heterocycles. The number of rotatable bonds is 7. The van der Waals surface area contributed by atoms with Gasteiger partial charge in [0.15, 0.2) is 0 Å². The Labute approximate surface area is 189 Å². The molecule has 8 nitrogen and oxygen atoms in total. The first kappa shape index (κ1) is 22.0. The highest BCUT2D eigenvalue weighted by Crippen LogP contribution is 2.36. The van der Waals surface area contributed by atoms with Crippen LogP contribution >= 0.6 is 31.9 Å². The van der Waals surface area contributed by atoms with Crippen LogP contribution in [0.15, 0.2) is 51.0 Å². The van der Waals surface area contributed by atoms with Gasteiger partial charge in [0.2, 0.25) is 0 Å². The number of nitrogens with zero attached hydrogens (tertiary/aromatic N) is 2. The van der Waals surface area contributed by atoms with E-state index in [1.807, 2.05) is 6.92 Å². The van der Waals surface area contributed by atoms with E-state index < -0.39 is 11.0 Å². The summed E-state index contributed by atoms with van der Waals surface area (Å²) >= 11 is 6.92. The number of amides is 3. The van der Waals surface area contributed by atoms with Crippen LogP contribution in [0.2, 0.25) is 0 Å². The normalized spacial score (nSPS) is 14.9. The second-order valence-electron chi connectivity index (χ2n) is 6.47. The van der Waals surface area contributed by atoms with E-state index in [0.29, 0.717) is 33.2 Å². The Bertz CT molecular complexity index is 1010. The molecule has 3 rings (SSSR count). The number of carbonyl (C=O) groups excluding carboxylic acids is 2. The van der Waals surface area contributed by atoms with E-state index in [4.69, 9.17) is 4.74 Å². The van der Waals surface area contributed by atoms with Gasteiger partial charge in [-0.15, -0.1) is 0 Å². The molecule has 2 aromatic rings. The van der Waals surface area contributed by atoms with Gasteiger partial charge in [0, 0.05) is 18.7 Å². The molecule has 0 spiro atoms. The summed E-state index contributed by atoms with van der Waals surface area (Å²) in [6.45, 7) is 2.48. The number of carbonyl (C=O) groups is 2. The molecule has 1 fully saturated rings. The Morgan fingerprint density at radius 3 is 2.37 bits per heavy atom. The van der Waals surface area contributed by atoms with Gasteiger partial charge in [-0.2, -0.15) is 0 Å². The van der Waals surface area contributed by atoms with Crippen molar-refractivity contribution in [1.29, 1.82) is 0 Å². The SMILES string of the molecule is CCCN1C(=O)N/C(=C/c2cc(Br)c(OCc3ccc([N+](=O)[O-])cc3)c(Br)c2)C1=O. The van der Waals surface area contributed by atoms with Crippen LogP contribution in [-0.2, 0) is 11.4 Å². The Hall–Kier alpha value is -2.72. The number of halogens is 2. The number of benzene rings is 2. The summed E-state index contributed by atoms with van der Waals surface area (Å²) in [5.74, 6) is 0.192. The highest BCUT2D eigenvalue weighted by atomic mass is 79.9. The van der Waals surface area contributed by atoms with E-state index in [0.717, 1.165) is 5.56 Å². The Morgan fingerprint density at radius 1 is 1.17 bits per heavy atom. The van der Waals surface area contributed by atoms with Gasteiger partial charge in [0.1, 0.15) is 18.1 Å². The lowest BCUT2D eigenvalue weighted by Crippen LogP contribution is -2.31. The van der Waals surface area contributed by atoms with Crippen molar-refractivity contribution < 1.29 is 19.2 Å². The van der Waals surface area contributed by atoms with Crippen molar-refractivity contribution in [1.82, 2.24) is 10.2 Å². The Morgan fingerprint density at radius 2 is 1.80 bits per heavy atom. The molecule has 2 aromatic carbocycles. The van der Waals surface area contributed by atoms with Gasteiger partial charge in [-0.05, 0) is 79.7 Å². The fraction of sp³-hybridized carbons (Fsp3) is 0.200. The summed E-state index contributed by atoms with van der Waals surface area (Å²) < 4.78 is 7.13. The lowest BCUT2D eigenvalue weighted by Gasteiger charge is -2.12. The van der Waals surface area contributed by atoms with Crippen molar-refractivity contribution in [3.8, 4) is 5.75 Å². The molecule has 3 amide bonds. The van der Waals surface area contributed by atoms with Crippen LogP contribution < -0.4 is 10.1 Å². The molecule has 10 heteroatoms. The maximum Gasteiger partial charge on any atom is 0.329 e. The first-order valence-electron chi connectivity index (χ1n) is 9.00. The van der Waals surface area contributed by atoms with Crippen LogP contribution in [-0.4, -0.2) is 28.3 Å². The van der Waals surface area contributed by atoms with E-state index in [1.54, 1.807) is 30.3 Å². The highest BCUT2D eigenvalue weighted by Gasteiger charge is 2.32. The van der Waals surface area contributed by atoms with Crippen molar-refractivity contribution in [2.24, 2.45) is 0 Å². The molecule has 0 aliphatic carbocycles. The van der Waals surface area contributed by atoms with Crippen LogP contribution in [0.25, 0.3) is 6.08 Å². The first-order chi connectivity index (χ1) is 14.3. The third-order valence-corrected chi connectivity index (χ3v) is 5.45. The highest BCUT2D eigenvalue weighted by molar-refractivity contribution is 9.11. The van der Waals surface area contributed by atoms with Crippen molar-refractivity contribution in [3.05, 3.63) is 72.3 Å². The second kappa shape index (κ2) is 9.40. The third-order valence-electron chi connectivity index (χ3n) is 4.27. The number of nitro groups is 1. The lowest BCUT2D eigenvalue weighted by atomic mass is 10.1. The van der Waals surface area contributed by atoms with Crippen molar-refractivity contribution >= 4 is 55.6 Å². The van der Waals surface area contributed by atoms with Gasteiger partial charge in [0.05, 0.1) is 13.9 Å². The molecular weight excluding hydrogens is 522 g/mol. The van der Waals surface area contributed by atoms with Crippen LogP contribution in [0.4, 0.5) is 10.5 Å². The van der Waals surface area contributed by atoms with Crippen LogP contribution in [0.1, 0.15) is 24.5 Å². The van der Waals surface area contributed by atoms with E-state index in [1.165, 1.54) is 17.0 Å². The van der Waals surface area contributed by atoms with Crippen LogP contribution in [0.5, 0.6) is 5.75 Å². The van der Waals surface area contributed by atoms with Gasteiger partial charge in [-0.25, -0.2) is 4.79 Å². The monoisotopic (exact) mass is 537 g/mol. The minimum absolute atomic E-state index is 0.0181. The number of nitrogens with one attached hydrogen (secondary N) is 1. The molecule has 0 saturated carbocycles. The van der Waals surface area contributed by atoms with Crippen LogP contribution in [0, 0.1) is 10.1 Å². The predicted octanol–water partition coefficient (Wildman–Crippen LogP) is 5.00. The number of imide groups is 1. The predicted molar refractivity (Wildman–Crippen MR) is 118 cm³/mol. The summed E-state index contributed by atoms with van der Waals surface area (Å²) in [6, 6.07) is 9.23. The number of hydrogen-bond donors (Lipinski definition) is 1. The summed E-state index contributed by atoms with van der Waals surface area (Å²) in [5, 5.41) is 13.3. The molecule has 30 heavy (non-hydrogen) atoms.